The van der Waals surface area contributed by atoms with Gasteiger partial charge in [0.2, 0.25) is 0 Å². The van der Waals surface area contributed by atoms with Crippen LogP contribution in [0, 0.1) is 0 Å². The van der Waals surface area contributed by atoms with Crippen LogP contribution in [0.2, 0.25) is 0 Å². The first kappa shape index (κ1) is 60.8. The Morgan fingerprint density at radius 1 is 0.492 bits per heavy atom. The predicted octanol–water partition coefficient (Wildman–Crippen LogP) is 15.6. The molecular weight excluding hydrogens is 787 g/mol. The summed E-state index contributed by atoms with van der Waals surface area (Å²) < 4.78 is 17.4. The Kier molecular flexibility index (Phi) is 44.7. The van der Waals surface area contributed by atoms with Gasteiger partial charge in [0.1, 0.15) is 6.61 Å². The Hall–Kier alpha value is -2.19. The molecule has 0 aliphatic rings. The van der Waals surface area contributed by atoms with Gasteiger partial charge in [-0.3, -0.25) is 9.59 Å². The monoisotopic (exact) mass is 891 g/mol. The van der Waals surface area contributed by atoms with Gasteiger partial charge in [-0.2, -0.15) is 0 Å². The molecule has 0 aromatic rings. The van der Waals surface area contributed by atoms with Gasteiger partial charge in [-0.15, -0.1) is 0 Å². The molecule has 0 radical (unpaired) electrons. The molecule has 2 atom stereocenters. The lowest BCUT2D eigenvalue weighted by Crippen LogP contribution is -2.50. The molecule has 0 bridgehead atoms. The van der Waals surface area contributed by atoms with Gasteiger partial charge in [-0.1, -0.05) is 224 Å². The molecule has 0 aromatic heterocycles. The summed E-state index contributed by atoms with van der Waals surface area (Å²) in [6, 6.07) is -0.612. The molecule has 0 aromatic carbocycles. The molecule has 0 saturated carbocycles. The number of aliphatic carboxylic acids is 1. The number of hydrogen-bond donors (Lipinski definition) is 1. The van der Waals surface area contributed by atoms with Crippen molar-refractivity contribution in [3.63, 3.8) is 0 Å². The van der Waals surface area contributed by atoms with Crippen LogP contribution in [0.25, 0.3) is 0 Å². The van der Waals surface area contributed by atoms with Gasteiger partial charge in [0, 0.05) is 19.3 Å². The fourth-order valence-electron chi connectivity index (χ4n) is 8.25. The number of allylic oxidation sites excluding steroid dienone is 4. The van der Waals surface area contributed by atoms with Crippen molar-refractivity contribution in [3.05, 3.63) is 24.3 Å². The number of rotatable bonds is 49. The summed E-state index contributed by atoms with van der Waals surface area (Å²) in [5.41, 5.74) is 0. The number of quaternary nitrogens is 1. The van der Waals surface area contributed by atoms with Crippen LogP contribution in [-0.2, 0) is 28.6 Å². The summed E-state index contributed by atoms with van der Waals surface area (Å²) >= 11 is 0. The molecule has 8 heteroatoms. The molecule has 0 aliphatic heterocycles. The van der Waals surface area contributed by atoms with Crippen molar-refractivity contribution in [2.75, 3.05) is 41.0 Å². The first-order valence-corrected chi connectivity index (χ1v) is 26.9. The molecule has 0 aliphatic carbocycles. The number of carbonyl (C=O) groups excluding carboxylic acids is 2. The third-order valence-corrected chi connectivity index (χ3v) is 12.4. The Morgan fingerprint density at radius 2 is 0.889 bits per heavy atom. The van der Waals surface area contributed by atoms with Crippen LogP contribution in [0.5, 0.6) is 0 Å². The minimum Gasteiger partial charge on any atom is -0.477 e. The molecule has 0 amide bonds. The first-order valence-electron chi connectivity index (χ1n) is 26.9. The lowest BCUT2D eigenvalue weighted by Gasteiger charge is -2.31. The zero-order valence-electron chi connectivity index (χ0n) is 42.3. The number of nitrogens with zero attached hydrogens (tertiary/aromatic N) is 1. The summed E-state index contributed by atoms with van der Waals surface area (Å²) in [7, 11) is 5.55. The Bertz CT molecular complexity index is 1080. The van der Waals surface area contributed by atoms with Gasteiger partial charge in [-0.25, -0.2) is 4.79 Å². The minimum absolute atomic E-state index is 0.0452. The second-order valence-corrected chi connectivity index (χ2v) is 19.5. The molecule has 370 valence electrons. The molecular formula is C55H104NO7+. The fourth-order valence-corrected chi connectivity index (χ4v) is 8.25. The number of carbonyl (C=O) groups is 3. The van der Waals surface area contributed by atoms with E-state index in [-0.39, 0.29) is 36.2 Å². The average Bonchev–Trinajstić information content (AvgIpc) is 3.24. The van der Waals surface area contributed by atoms with E-state index < -0.39 is 18.1 Å². The topological polar surface area (TPSA) is 99.1 Å². The van der Waals surface area contributed by atoms with E-state index in [2.05, 4.69) is 38.2 Å². The average molecular weight is 891 g/mol. The Morgan fingerprint density at radius 3 is 1.30 bits per heavy atom. The number of carboxylic acid groups (broad SMARTS) is 1. The molecule has 0 heterocycles. The zero-order valence-corrected chi connectivity index (χ0v) is 42.3. The van der Waals surface area contributed by atoms with Crippen LogP contribution in [-0.4, -0.2) is 80.6 Å². The van der Waals surface area contributed by atoms with E-state index in [1.54, 1.807) is 0 Å². The Balaban J connectivity index is 4.16. The molecule has 0 spiro atoms. The molecule has 0 saturated heterocycles. The standard InChI is InChI=1S/C55H103NO7/c1-6-8-10-12-14-16-18-20-22-24-26-27-28-30-31-33-35-37-39-41-43-45-53(57)62-50-51(49-61-48-47-52(55(59)60)56(3,4)5)63-54(58)46-44-42-40-38-36-34-32-29-25-23-21-19-17-15-13-11-9-7-2/h8,10,14,16,51-52H,6-7,9,11-13,15,17-50H2,1-5H3/p+1/b10-8+,16-14+. The maximum Gasteiger partial charge on any atom is 0.362 e. The molecule has 0 fully saturated rings. The van der Waals surface area contributed by atoms with Crippen molar-refractivity contribution in [2.24, 2.45) is 0 Å². The second kappa shape index (κ2) is 46.3. The van der Waals surface area contributed by atoms with Gasteiger partial charge < -0.3 is 23.8 Å². The van der Waals surface area contributed by atoms with E-state index in [0.717, 1.165) is 51.4 Å². The quantitative estimate of drug-likeness (QED) is 0.0281. The highest BCUT2D eigenvalue weighted by Gasteiger charge is 2.31. The van der Waals surface area contributed by atoms with E-state index in [1.165, 1.54) is 173 Å². The molecule has 8 nitrogen and oxygen atoms in total. The number of esters is 2. The number of ether oxygens (including phenoxy) is 3. The maximum atomic E-state index is 12.8. The number of likely N-dealkylation sites (N-methyl/N-ethyl adjacent to an activating group) is 1. The fraction of sp³-hybridized carbons (Fsp3) is 0.873. The van der Waals surface area contributed by atoms with Crippen molar-refractivity contribution in [1.29, 1.82) is 0 Å². The number of hydrogen-bond acceptors (Lipinski definition) is 6. The highest BCUT2D eigenvalue weighted by Crippen LogP contribution is 2.17. The third-order valence-electron chi connectivity index (χ3n) is 12.4. The van der Waals surface area contributed by atoms with Gasteiger partial charge in [0.05, 0.1) is 34.4 Å². The highest BCUT2D eigenvalue weighted by atomic mass is 16.6. The van der Waals surface area contributed by atoms with Crippen LogP contribution in [0.4, 0.5) is 0 Å². The second-order valence-electron chi connectivity index (χ2n) is 19.5. The molecule has 63 heavy (non-hydrogen) atoms. The smallest absolute Gasteiger partial charge is 0.362 e. The number of carboxylic acids is 1. The minimum atomic E-state index is -0.870. The van der Waals surface area contributed by atoms with Gasteiger partial charge in [-0.05, 0) is 38.5 Å². The van der Waals surface area contributed by atoms with Crippen LogP contribution >= 0.6 is 0 Å². The van der Waals surface area contributed by atoms with Gasteiger partial charge >= 0.3 is 17.9 Å². The van der Waals surface area contributed by atoms with Crippen molar-refractivity contribution < 1.29 is 38.2 Å². The highest BCUT2D eigenvalue weighted by molar-refractivity contribution is 5.72. The third kappa shape index (κ3) is 44.8. The molecule has 2 unspecified atom stereocenters. The van der Waals surface area contributed by atoms with Crippen molar-refractivity contribution in [3.8, 4) is 0 Å². The van der Waals surface area contributed by atoms with Gasteiger partial charge in [0.15, 0.2) is 12.1 Å². The van der Waals surface area contributed by atoms with Crippen molar-refractivity contribution >= 4 is 17.9 Å². The summed E-state index contributed by atoms with van der Waals surface area (Å²) in [5, 5.41) is 9.66. The maximum absolute atomic E-state index is 12.8. The van der Waals surface area contributed by atoms with E-state index in [9.17, 15) is 19.5 Å². The lowest BCUT2D eigenvalue weighted by molar-refractivity contribution is -0.887. The van der Waals surface area contributed by atoms with Crippen LogP contribution in [0.1, 0.15) is 258 Å². The van der Waals surface area contributed by atoms with Crippen LogP contribution in [0.15, 0.2) is 24.3 Å². The summed E-state index contributed by atoms with van der Waals surface area (Å²) in [5.74, 6) is -1.44. The summed E-state index contributed by atoms with van der Waals surface area (Å²) in [4.78, 5) is 37.2. The normalized spacial score (nSPS) is 13.0. The van der Waals surface area contributed by atoms with Crippen LogP contribution < -0.4 is 0 Å². The van der Waals surface area contributed by atoms with Crippen molar-refractivity contribution in [2.45, 2.75) is 270 Å². The van der Waals surface area contributed by atoms with Crippen molar-refractivity contribution in [1.82, 2.24) is 0 Å². The Labute approximate surface area is 390 Å². The van der Waals surface area contributed by atoms with Gasteiger partial charge in [0.25, 0.3) is 0 Å². The van der Waals surface area contributed by atoms with E-state index in [1.807, 2.05) is 21.1 Å². The van der Waals surface area contributed by atoms with E-state index in [0.29, 0.717) is 19.3 Å². The molecule has 1 N–H and O–H groups in total. The summed E-state index contributed by atoms with van der Waals surface area (Å²) in [6.45, 7) is 4.69. The lowest BCUT2D eigenvalue weighted by atomic mass is 10.0. The summed E-state index contributed by atoms with van der Waals surface area (Å²) in [6.07, 6.45) is 53.7. The van der Waals surface area contributed by atoms with Crippen LogP contribution in [0.3, 0.4) is 0 Å². The number of unbranched alkanes of at least 4 members (excludes halogenated alkanes) is 31. The zero-order chi connectivity index (χ0) is 46.3. The first-order chi connectivity index (χ1) is 30.6. The van der Waals surface area contributed by atoms with E-state index in [4.69, 9.17) is 14.2 Å². The predicted molar refractivity (Wildman–Crippen MR) is 266 cm³/mol. The van der Waals surface area contributed by atoms with E-state index >= 15 is 0 Å². The largest absolute Gasteiger partial charge is 0.477 e. The SMILES string of the molecule is CC/C=C/C/C=C/CCCCCCCCCCCCCCCCC(=O)OCC(COCCC(C(=O)O)[N+](C)(C)C)OC(=O)CCCCCCCCCCCCCCCCCCCC. The molecule has 0 rings (SSSR count).